The van der Waals surface area contributed by atoms with Crippen molar-refractivity contribution in [3.8, 4) is 16.9 Å². The molecule has 2 nitrogen and oxygen atoms in total. The maximum Gasteiger partial charge on any atom is 0.174 e. The van der Waals surface area contributed by atoms with Gasteiger partial charge in [0.05, 0.1) is 0 Å². The molecule has 0 saturated carbocycles. The molecule has 0 radical (unpaired) electrons. The maximum atomic E-state index is 14.9. The van der Waals surface area contributed by atoms with Crippen LogP contribution in [0.25, 0.3) is 33.1 Å². The monoisotopic (exact) mass is 312 g/mol. The SMILES string of the molecule is Oc1ccc(Cl)cc1-c1ccc2c(oc3ccccc32)c1F. The Bertz CT molecular complexity index is 1020. The van der Waals surface area contributed by atoms with Gasteiger partial charge in [-0.2, -0.15) is 0 Å². The molecule has 0 amide bonds. The van der Waals surface area contributed by atoms with Gasteiger partial charge in [0.25, 0.3) is 0 Å². The fourth-order valence-corrected chi connectivity index (χ4v) is 2.86. The van der Waals surface area contributed by atoms with Crippen LogP contribution in [0.2, 0.25) is 5.02 Å². The van der Waals surface area contributed by atoms with Crippen LogP contribution in [0.4, 0.5) is 4.39 Å². The minimum Gasteiger partial charge on any atom is -0.507 e. The number of phenolic OH excluding ortho intramolecular Hbond substituents is 1. The highest BCUT2D eigenvalue weighted by Gasteiger charge is 2.17. The lowest BCUT2D eigenvalue weighted by molar-refractivity contribution is 0.476. The summed E-state index contributed by atoms with van der Waals surface area (Å²) in [6.45, 7) is 0. The molecular weight excluding hydrogens is 303 g/mol. The quantitative estimate of drug-likeness (QED) is 0.485. The number of phenols is 1. The summed E-state index contributed by atoms with van der Waals surface area (Å²) in [5.41, 5.74) is 1.40. The third kappa shape index (κ3) is 1.86. The van der Waals surface area contributed by atoms with Crippen molar-refractivity contribution in [3.05, 3.63) is 65.4 Å². The van der Waals surface area contributed by atoms with Crippen LogP contribution in [0.15, 0.2) is 59.0 Å². The lowest BCUT2D eigenvalue weighted by Crippen LogP contribution is -1.86. The molecule has 1 heterocycles. The van der Waals surface area contributed by atoms with Crippen molar-refractivity contribution in [1.29, 1.82) is 0 Å². The van der Waals surface area contributed by atoms with Gasteiger partial charge in [0.15, 0.2) is 11.4 Å². The molecule has 0 fully saturated rings. The van der Waals surface area contributed by atoms with Crippen molar-refractivity contribution in [1.82, 2.24) is 0 Å². The third-order valence-electron chi connectivity index (χ3n) is 3.74. The molecule has 3 aromatic carbocycles. The molecule has 0 saturated heterocycles. The molecule has 0 unspecified atom stereocenters. The molecule has 4 aromatic rings. The van der Waals surface area contributed by atoms with Gasteiger partial charge in [-0.3, -0.25) is 0 Å². The van der Waals surface area contributed by atoms with Crippen molar-refractivity contribution in [3.63, 3.8) is 0 Å². The van der Waals surface area contributed by atoms with Gasteiger partial charge in [0, 0.05) is 26.9 Å². The predicted octanol–water partition coefficient (Wildman–Crippen LogP) is 5.75. The Morgan fingerprint density at radius 3 is 2.59 bits per heavy atom. The van der Waals surface area contributed by atoms with E-state index in [0.717, 1.165) is 5.39 Å². The zero-order chi connectivity index (χ0) is 15.3. The minimum absolute atomic E-state index is 0.0289. The first-order valence-corrected chi connectivity index (χ1v) is 7.11. The van der Waals surface area contributed by atoms with Crippen LogP contribution in [0.3, 0.4) is 0 Å². The Morgan fingerprint density at radius 1 is 0.909 bits per heavy atom. The van der Waals surface area contributed by atoms with E-state index in [0.29, 0.717) is 21.6 Å². The van der Waals surface area contributed by atoms with E-state index in [-0.39, 0.29) is 16.9 Å². The normalized spacial score (nSPS) is 11.4. The Kier molecular flexibility index (Phi) is 2.84. The topological polar surface area (TPSA) is 33.4 Å². The fourth-order valence-electron chi connectivity index (χ4n) is 2.69. The van der Waals surface area contributed by atoms with Crippen LogP contribution >= 0.6 is 11.6 Å². The molecule has 1 aromatic heterocycles. The Balaban J connectivity index is 2.06. The lowest BCUT2D eigenvalue weighted by atomic mass is 10.0. The minimum atomic E-state index is -0.508. The molecule has 0 aliphatic carbocycles. The smallest absolute Gasteiger partial charge is 0.174 e. The highest BCUT2D eigenvalue weighted by molar-refractivity contribution is 6.31. The van der Waals surface area contributed by atoms with Gasteiger partial charge in [-0.15, -0.1) is 0 Å². The van der Waals surface area contributed by atoms with Crippen molar-refractivity contribution in [2.75, 3.05) is 0 Å². The predicted molar refractivity (Wildman–Crippen MR) is 85.8 cm³/mol. The van der Waals surface area contributed by atoms with Crippen molar-refractivity contribution < 1.29 is 13.9 Å². The maximum absolute atomic E-state index is 14.9. The van der Waals surface area contributed by atoms with E-state index < -0.39 is 5.82 Å². The van der Waals surface area contributed by atoms with Crippen LogP contribution in [0.5, 0.6) is 5.75 Å². The van der Waals surface area contributed by atoms with Crippen molar-refractivity contribution >= 4 is 33.5 Å². The molecule has 0 bridgehead atoms. The van der Waals surface area contributed by atoms with Gasteiger partial charge in [-0.25, -0.2) is 4.39 Å². The van der Waals surface area contributed by atoms with Crippen LogP contribution in [0.1, 0.15) is 0 Å². The Labute approximate surface area is 130 Å². The average molecular weight is 313 g/mol. The molecule has 0 aliphatic heterocycles. The molecule has 4 rings (SSSR count). The Hall–Kier alpha value is -2.52. The number of hydrogen-bond acceptors (Lipinski definition) is 2. The zero-order valence-corrected chi connectivity index (χ0v) is 12.1. The second-order valence-corrected chi connectivity index (χ2v) is 5.50. The molecule has 22 heavy (non-hydrogen) atoms. The number of hydrogen-bond donors (Lipinski definition) is 1. The van der Waals surface area contributed by atoms with Crippen LogP contribution < -0.4 is 0 Å². The molecule has 0 aliphatic rings. The van der Waals surface area contributed by atoms with E-state index in [1.165, 1.54) is 12.1 Å². The molecular formula is C18H10ClFO2. The molecule has 1 N–H and O–H groups in total. The number of benzene rings is 3. The van der Waals surface area contributed by atoms with Gasteiger partial charge in [0.2, 0.25) is 0 Å². The average Bonchev–Trinajstić information content (AvgIpc) is 2.90. The largest absolute Gasteiger partial charge is 0.507 e. The molecule has 0 spiro atoms. The summed E-state index contributed by atoms with van der Waals surface area (Å²) in [6, 6.07) is 15.4. The van der Waals surface area contributed by atoms with Crippen LogP contribution in [0, 0.1) is 5.82 Å². The van der Waals surface area contributed by atoms with Gasteiger partial charge in [-0.05, 0) is 30.3 Å². The van der Waals surface area contributed by atoms with Crippen molar-refractivity contribution in [2.24, 2.45) is 0 Å². The van der Waals surface area contributed by atoms with E-state index in [1.807, 2.05) is 18.2 Å². The van der Waals surface area contributed by atoms with Crippen molar-refractivity contribution in [2.45, 2.75) is 0 Å². The lowest BCUT2D eigenvalue weighted by Gasteiger charge is -2.07. The third-order valence-corrected chi connectivity index (χ3v) is 3.97. The van der Waals surface area contributed by atoms with Gasteiger partial charge in [0.1, 0.15) is 11.3 Å². The van der Waals surface area contributed by atoms with Gasteiger partial charge >= 0.3 is 0 Å². The van der Waals surface area contributed by atoms with E-state index in [4.69, 9.17) is 16.0 Å². The number of halogens is 2. The number of furan rings is 1. The standard InChI is InChI=1S/C18H10ClFO2/c19-10-5-8-15(21)14(9-10)12-6-7-13-11-3-1-2-4-16(11)22-18(13)17(12)20/h1-9,21H. The zero-order valence-electron chi connectivity index (χ0n) is 11.3. The molecule has 0 atom stereocenters. The van der Waals surface area contributed by atoms with Crippen LogP contribution in [-0.2, 0) is 0 Å². The summed E-state index contributed by atoms with van der Waals surface area (Å²) in [5, 5.41) is 12.0. The summed E-state index contributed by atoms with van der Waals surface area (Å²) in [4.78, 5) is 0. The van der Waals surface area contributed by atoms with Gasteiger partial charge in [-0.1, -0.05) is 35.9 Å². The summed E-state index contributed by atoms with van der Waals surface area (Å²) < 4.78 is 20.5. The van der Waals surface area contributed by atoms with E-state index in [1.54, 1.807) is 24.3 Å². The van der Waals surface area contributed by atoms with E-state index in [9.17, 15) is 9.50 Å². The first-order valence-electron chi connectivity index (χ1n) is 6.74. The summed E-state index contributed by atoms with van der Waals surface area (Å²) in [6.07, 6.45) is 0. The first-order chi connectivity index (χ1) is 10.6. The van der Waals surface area contributed by atoms with E-state index in [2.05, 4.69) is 0 Å². The second kappa shape index (κ2) is 4.75. The Morgan fingerprint density at radius 2 is 1.73 bits per heavy atom. The highest BCUT2D eigenvalue weighted by Crippen LogP contribution is 2.38. The fraction of sp³-hybridized carbons (Fsp3) is 0. The van der Waals surface area contributed by atoms with Crippen LogP contribution in [-0.4, -0.2) is 5.11 Å². The summed E-state index contributed by atoms with van der Waals surface area (Å²) in [7, 11) is 0. The molecule has 4 heteroatoms. The second-order valence-electron chi connectivity index (χ2n) is 5.06. The number of para-hydroxylation sites is 1. The summed E-state index contributed by atoms with van der Waals surface area (Å²) >= 11 is 5.94. The molecule has 108 valence electrons. The summed E-state index contributed by atoms with van der Waals surface area (Å²) in [5.74, 6) is -0.537. The number of rotatable bonds is 1. The number of aromatic hydroxyl groups is 1. The highest BCUT2D eigenvalue weighted by atomic mass is 35.5. The van der Waals surface area contributed by atoms with E-state index >= 15 is 0 Å². The van der Waals surface area contributed by atoms with Gasteiger partial charge < -0.3 is 9.52 Å². The first kappa shape index (κ1) is 13.2. The number of fused-ring (bicyclic) bond motifs is 3.